The number of piperidine rings is 1. The molecule has 2 rings (SSSR count). The highest BCUT2D eigenvalue weighted by Gasteiger charge is 2.38. The molecule has 0 aromatic carbocycles. The number of hydrogen-bond acceptors (Lipinski definition) is 3. The molecule has 5 nitrogen and oxygen atoms in total. The zero-order chi connectivity index (χ0) is 14.7. The molecule has 0 bridgehead atoms. The quantitative estimate of drug-likeness (QED) is 0.797. The minimum Gasteiger partial charge on any atom is -0.481 e. The topological polar surface area (TPSA) is 66.8 Å². The maximum absolute atomic E-state index is 12.6. The molecule has 112 valence electrons. The number of hydrogen-bond donors (Lipinski definition) is 1. The normalized spacial score (nSPS) is 34.0. The highest BCUT2D eigenvalue weighted by Crippen LogP contribution is 2.29. The van der Waals surface area contributed by atoms with E-state index in [9.17, 15) is 14.7 Å². The van der Waals surface area contributed by atoms with Gasteiger partial charge in [0.05, 0.1) is 17.9 Å². The predicted molar refractivity (Wildman–Crippen MR) is 74.1 cm³/mol. The van der Waals surface area contributed by atoms with E-state index in [1.165, 1.54) is 0 Å². The van der Waals surface area contributed by atoms with Crippen LogP contribution in [0.5, 0.6) is 0 Å². The van der Waals surface area contributed by atoms with E-state index in [0.29, 0.717) is 31.8 Å². The van der Waals surface area contributed by atoms with Gasteiger partial charge in [-0.05, 0) is 25.2 Å². The van der Waals surface area contributed by atoms with Gasteiger partial charge in [-0.15, -0.1) is 0 Å². The Balaban J connectivity index is 2.06. The van der Waals surface area contributed by atoms with Gasteiger partial charge in [0.15, 0.2) is 0 Å². The summed E-state index contributed by atoms with van der Waals surface area (Å²) >= 11 is 0. The van der Waals surface area contributed by atoms with Crippen LogP contribution in [0.3, 0.4) is 0 Å². The van der Waals surface area contributed by atoms with Gasteiger partial charge in [0, 0.05) is 20.2 Å². The number of rotatable bonds is 3. The van der Waals surface area contributed by atoms with Crippen molar-refractivity contribution in [1.29, 1.82) is 0 Å². The van der Waals surface area contributed by atoms with Crippen LogP contribution in [0.25, 0.3) is 0 Å². The van der Waals surface area contributed by atoms with Gasteiger partial charge in [0.25, 0.3) is 0 Å². The molecule has 0 spiro atoms. The van der Waals surface area contributed by atoms with Crippen LogP contribution in [0.1, 0.15) is 26.2 Å². The second-order valence-corrected chi connectivity index (χ2v) is 5.82. The molecular weight excluding hydrogens is 258 g/mol. The van der Waals surface area contributed by atoms with Crippen molar-refractivity contribution in [3.8, 4) is 0 Å². The van der Waals surface area contributed by atoms with E-state index >= 15 is 0 Å². The minimum atomic E-state index is -0.874. The lowest BCUT2D eigenvalue weighted by Crippen LogP contribution is -2.50. The number of ether oxygens (including phenoxy) is 1. The maximum atomic E-state index is 12.6. The summed E-state index contributed by atoms with van der Waals surface area (Å²) in [6, 6.07) is 0. The van der Waals surface area contributed by atoms with Crippen molar-refractivity contribution in [2.45, 2.75) is 32.3 Å². The molecule has 1 fully saturated rings. The summed E-state index contributed by atoms with van der Waals surface area (Å²) in [6.45, 7) is 3.40. The Hall–Kier alpha value is -1.36. The average Bonchev–Trinajstić information content (AvgIpc) is 2.47. The zero-order valence-electron chi connectivity index (χ0n) is 12.1. The summed E-state index contributed by atoms with van der Waals surface area (Å²) in [7, 11) is 1.67. The van der Waals surface area contributed by atoms with E-state index in [1.807, 2.05) is 12.2 Å². The number of amides is 1. The summed E-state index contributed by atoms with van der Waals surface area (Å²) in [6.07, 6.45) is 5.71. The number of carbonyl (C=O) groups excluding carboxylic acids is 1. The molecule has 1 amide bonds. The van der Waals surface area contributed by atoms with Gasteiger partial charge in [-0.25, -0.2) is 0 Å². The van der Waals surface area contributed by atoms with Crippen molar-refractivity contribution in [3.63, 3.8) is 0 Å². The van der Waals surface area contributed by atoms with Crippen LogP contribution in [0.2, 0.25) is 0 Å². The largest absolute Gasteiger partial charge is 0.481 e. The molecule has 0 saturated carbocycles. The van der Waals surface area contributed by atoms with Crippen LogP contribution >= 0.6 is 0 Å². The van der Waals surface area contributed by atoms with E-state index in [4.69, 9.17) is 4.74 Å². The first kappa shape index (κ1) is 15.0. The summed E-state index contributed by atoms with van der Waals surface area (Å²) in [5.74, 6) is -1.49. The molecule has 1 aliphatic carbocycles. The predicted octanol–water partition coefficient (Wildman–Crippen LogP) is 1.54. The van der Waals surface area contributed by atoms with Crippen molar-refractivity contribution in [3.05, 3.63) is 12.2 Å². The zero-order valence-corrected chi connectivity index (χ0v) is 12.1. The second-order valence-electron chi connectivity index (χ2n) is 5.82. The van der Waals surface area contributed by atoms with Crippen LogP contribution in [0, 0.1) is 17.8 Å². The van der Waals surface area contributed by atoms with Crippen LogP contribution < -0.4 is 0 Å². The Bertz CT molecular complexity index is 407. The molecule has 0 aromatic heterocycles. The number of methoxy groups -OCH3 is 1. The third kappa shape index (κ3) is 3.03. The van der Waals surface area contributed by atoms with Gasteiger partial charge in [-0.3, -0.25) is 9.59 Å². The first-order valence-electron chi connectivity index (χ1n) is 7.24. The number of carboxylic acids is 1. The molecule has 1 N–H and O–H groups in total. The molecule has 1 saturated heterocycles. The first-order chi connectivity index (χ1) is 9.54. The SMILES string of the molecule is COC1CN(C(=O)C2CC=CCC2C(=O)O)CCC1C. The standard InChI is InChI=1S/C15H23NO4/c1-10-7-8-16(9-13(10)20-2)14(17)11-5-3-4-6-12(11)15(18)19/h3-4,10-13H,5-9H2,1-2H3,(H,18,19). The fourth-order valence-corrected chi connectivity index (χ4v) is 3.14. The number of nitrogens with zero attached hydrogens (tertiary/aromatic N) is 1. The van der Waals surface area contributed by atoms with Crippen molar-refractivity contribution in [2.75, 3.05) is 20.2 Å². The molecule has 0 aromatic rings. The van der Waals surface area contributed by atoms with Gasteiger partial charge < -0.3 is 14.7 Å². The Morgan fingerprint density at radius 1 is 1.25 bits per heavy atom. The summed E-state index contributed by atoms with van der Waals surface area (Å²) in [5, 5.41) is 9.27. The van der Waals surface area contributed by atoms with Crippen LogP contribution in [0.15, 0.2) is 12.2 Å². The Morgan fingerprint density at radius 3 is 2.50 bits per heavy atom. The smallest absolute Gasteiger partial charge is 0.307 e. The maximum Gasteiger partial charge on any atom is 0.307 e. The molecule has 20 heavy (non-hydrogen) atoms. The third-order valence-corrected chi connectivity index (χ3v) is 4.57. The molecule has 4 atom stereocenters. The fourth-order valence-electron chi connectivity index (χ4n) is 3.14. The van der Waals surface area contributed by atoms with Gasteiger partial charge in [-0.2, -0.15) is 0 Å². The van der Waals surface area contributed by atoms with E-state index < -0.39 is 17.8 Å². The molecule has 2 aliphatic rings. The van der Waals surface area contributed by atoms with Crippen LogP contribution in [-0.4, -0.2) is 48.2 Å². The first-order valence-corrected chi connectivity index (χ1v) is 7.24. The molecular formula is C15H23NO4. The van der Waals surface area contributed by atoms with Gasteiger partial charge in [0.1, 0.15) is 0 Å². The lowest BCUT2D eigenvalue weighted by molar-refractivity contribution is -0.152. The van der Waals surface area contributed by atoms with E-state index in [2.05, 4.69) is 6.92 Å². The average molecular weight is 281 g/mol. The van der Waals surface area contributed by atoms with Gasteiger partial charge in [0.2, 0.25) is 5.91 Å². The number of carbonyl (C=O) groups is 2. The van der Waals surface area contributed by atoms with Gasteiger partial charge >= 0.3 is 5.97 Å². The highest BCUT2D eigenvalue weighted by molar-refractivity contribution is 5.85. The lowest BCUT2D eigenvalue weighted by atomic mass is 9.81. The van der Waals surface area contributed by atoms with Crippen molar-refractivity contribution in [2.24, 2.45) is 17.8 Å². The van der Waals surface area contributed by atoms with E-state index in [0.717, 1.165) is 6.42 Å². The fraction of sp³-hybridized carbons (Fsp3) is 0.733. The third-order valence-electron chi connectivity index (χ3n) is 4.57. The van der Waals surface area contributed by atoms with Crippen molar-refractivity contribution < 1.29 is 19.4 Å². The Labute approximate surface area is 119 Å². The number of carboxylic acid groups (broad SMARTS) is 1. The highest BCUT2D eigenvalue weighted by atomic mass is 16.5. The minimum absolute atomic E-state index is 0.0318. The Morgan fingerprint density at radius 2 is 1.90 bits per heavy atom. The van der Waals surface area contributed by atoms with Crippen LogP contribution in [-0.2, 0) is 14.3 Å². The lowest BCUT2D eigenvalue weighted by Gasteiger charge is -2.39. The number of allylic oxidation sites excluding steroid dienone is 2. The van der Waals surface area contributed by atoms with Crippen LogP contribution in [0.4, 0.5) is 0 Å². The molecule has 5 heteroatoms. The van der Waals surface area contributed by atoms with E-state index in [-0.39, 0.29) is 12.0 Å². The monoisotopic (exact) mass is 281 g/mol. The molecule has 1 aliphatic heterocycles. The van der Waals surface area contributed by atoms with E-state index in [1.54, 1.807) is 12.0 Å². The molecule has 4 unspecified atom stereocenters. The van der Waals surface area contributed by atoms with Gasteiger partial charge in [-0.1, -0.05) is 19.1 Å². The summed E-state index contributed by atoms with van der Waals surface area (Å²) in [5.41, 5.74) is 0. The number of aliphatic carboxylic acids is 1. The molecule has 1 heterocycles. The van der Waals surface area contributed by atoms with Crippen molar-refractivity contribution in [1.82, 2.24) is 4.90 Å². The number of likely N-dealkylation sites (tertiary alicyclic amines) is 1. The summed E-state index contributed by atoms with van der Waals surface area (Å²) in [4.78, 5) is 25.7. The summed E-state index contributed by atoms with van der Waals surface area (Å²) < 4.78 is 5.42. The van der Waals surface area contributed by atoms with Crippen molar-refractivity contribution >= 4 is 11.9 Å². The Kier molecular flexibility index (Phi) is 4.81. The molecule has 0 radical (unpaired) electrons. The second kappa shape index (κ2) is 6.39.